The van der Waals surface area contributed by atoms with E-state index in [1.807, 2.05) is 12.3 Å². The molecule has 1 aromatic carbocycles. The summed E-state index contributed by atoms with van der Waals surface area (Å²) in [5.74, 6) is -0.0699. The van der Waals surface area contributed by atoms with Crippen LogP contribution in [0.5, 0.6) is 5.75 Å². The van der Waals surface area contributed by atoms with Crippen LogP contribution in [-0.2, 0) is 0 Å². The molecule has 1 N–H and O–H groups in total. The molecule has 0 aliphatic rings. The molecule has 0 aliphatic heterocycles. The third-order valence-corrected chi connectivity index (χ3v) is 3.96. The van der Waals surface area contributed by atoms with Crippen LogP contribution in [0.25, 0.3) is 0 Å². The van der Waals surface area contributed by atoms with Crippen LogP contribution < -0.4 is 10.1 Å². The number of hydrogen-bond donors (Lipinski definition) is 1. The highest BCUT2D eigenvalue weighted by Crippen LogP contribution is 2.25. The first-order valence-electron chi connectivity index (χ1n) is 6.10. The van der Waals surface area contributed by atoms with Crippen LogP contribution in [0.2, 0.25) is 0 Å². The molecule has 0 saturated heterocycles. The van der Waals surface area contributed by atoms with Crippen molar-refractivity contribution in [3.63, 3.8) is 0 Å². The smallest absolute Gasteiger partial charge is 0.165 e. The maximum atomic E-state index is 13.4. The van der Waals surface area contributed by atoms with Crippen molar-refractivity contribution in [2.45, 2.75) is 25.9 Å². The lowest BCUT2D eigenvalue weighted by molar-refractivity contribution is 0.384. The lowest BCUT2D eigenvalue weighted by Gasteiger charge is -2.19. The Labute approximate surface area is 116 Å². The molecule has 0 spiro atoms. The average Bonchev–Trinajstić information content (AvgIpc) is 2.93. The maximum Gasteiger partial charge on any atom is 0.165 e. The van der Waals surface area contributed by atoms with E-state index in [0.717, 1.165) is 10.6 Å². The molecule has 19 heavy (non-hydrogen) atoms. The second-order valence-electron chi connectivity index (χ2n) is 4.37. The summed E-state index contributed by atoms with van der Waals surface area (Å²) in [6.07, 6.45) is 1.80. The molecule has 1 heterocycles. The topological polar surface area (TPSA) is 34.1 Å². The predicted octanol–water partition coefficient (Wildman–Crippen LogP) is 3.70. The van der Waals surface area contributed by atoms with E-state index >= 15 is 0 Å². The van der Waals surface area contributed by atoms with Gasteiger partial charge in [0, 0.05) is 17.6 Å². The van der Waals surface area contributed by atoms with Crippen LogP contribution >= 0.6 is 11.3 Å². The minimum absolute atomic E-state index is 0.0911. The van der Waals surface area contributed by atoms with Gasteiger partial charge in [0.05, 0.1) is 13.2 Å². The molecule has 102 valence electrons. The summed E-state index contributed by atoms with van der Waals surface area (Å²) in [7, 11) is 1.47. The fraction of sp³-hybridized carbons (Fsp3) is 0.357. The minimum atomic E-state index is -0.341. The number of thiazole rings is 1. The Morgan fingerprint density at radius 2 is 2.11 bits per heavy atom. The quantitative estimate of drug-likeness (QED) is 0.906. The second kappa shape index (κ2) is 6.12. The van der Waals surface area contributed by atoms with E-state index in [1.54, 1.807) is 29.7 Å². The molecule has 2 rings (SSSR count). The normalized spacial score (nSPS) is 14.1. The van der Waals surface area contributed by atoms with Crippen LogP contribution in [0.15, 0.2) is 29.8 Å². The zero-order valence-corrected chi connectivity index (χ0v) is 12.0. The van der Waals surface area contributed by atoms with Gasteiger partial charge in [-0.1, -0.05) is 6.07 Å². The molecule has 2 aromatic rings. The van der Waals surface area contributed by atoms with Crippen molar-refractivity contribution in [1.29, 1.82) is 0 Å². The summed E-state index contributed by atoms with van der Waals surface area (Å²) < 4.78 is 18.4. The molecule has 0 saturated carbocycles. The molecule has 0 aliphatic carbocycles. The Balaban J connectivity index is 2.09. The zero-order valence-electron chi connectivity index (χ0n) is 11.2. The number of halogens is 1. The molecule has 3 nitrogen and oxygen atoms in total. The van der Waals surface area contributed by atoms with Crippen molar-refractivity contribution in [2.75, 3.05) is 7.11 Å². The van der Waals surface area contributed by atoms with Gasteiger partial charge in [0.2, 0.25) is 0 Å². The number of rotatable bonds is 5. The van der Waals surface area contributed by atoms with Gasteiger partial charge in [-0.2, -0.15) is 0 Å². The van der Waals surface area contributed by atoms with E-state index in [9.17, 15) is 4.39 Å². The van der Waals surface area contributed by atoms with E-state index in [1.165, 1.54) is 13.2 Å². The summed E-state index contributed by atoms with van der Waals surface area (Å²) >= 11 is 1.62. The summed E-state index contributed by atoms with van der Waals surface area (Å²) in [6.45, 7) is 4.10. The van der Waals surface area contributed by atoms with Crippen molar-refractivity contribution < 1.29 is 9.13 Å². The molecule has 1 aromatic heterocycles. The third kappa shape index (κ3) is 3.30. The number of methoxy groups -OCH3 is 1. The molecule has 0 fully saturated rings. The first kappa shape index (κ1) is 14.0. The average molecular weight is 280 g/mol. The van der Waals surface area contributed by atoms with Crippen molar-refractivity contribution in [2.24, 2.45) is 0 Å². The Morgan fingerprint density at radius 3 is 2.74 bits per heavy atom. The SMILES string of the molecule is COc1cc(C(C)NC(C)c2nccs2)ccc1F. The molecule has 0 bridgehead atoms. The molecule has 0 radical (unpaired) electrons. The first-order valence-corrected chi connectivity index (χ1v) is 6.98. The van der Waals surface area contributed by atoms with E-state index in [-0.39, 0.29) is 23.7 Å². The van der Waals surface area contributed by atoms with Crippen molar-refractivity contribution >= 4 is 11.3 Å². The van der Waals surface area contributed by atoms with Gasteiger partial charge < -0.3 is 10.1 Å². The van der Waals surface area contributed by atoms with Crippen LogP contribution in [0, 0.1) is 5.82 Å². The lowest BCUT2D eigenvalue weighted by Crippen LogP contribution is -2.22. The maximum absolute atomic E-state index is 13.4. The molecule has 5 heteroatoms. The largest absolute Gasteiger partial charge is 0.494 e. The first-order chi connectivity index (χ1) is 9.11. The van der Waals surface area contributed by atoms with Gasteiger partial charge in [0.1, 0.15) is 5.01 Å². The number of nitrogens with zero attached hydrogens (tertiary/aromatic N) is 1. The Morgan fingerprint density at radius 1 is 1.32 bits per heavy atom. The van der Waals surface area contributed by atoms with Gasteiger partial charge in [-0.25, -0.2) is 9.37 Å². The van der Waals surface area contributed by atoms with Gasteiger partial charge in [-0.05, 0) is 31.5 Å². The molecular weight excluding hydrogens is 263 g/mol. The second-order valence-corrected chi connectivity index (χ2v) is 5.30. The van der Waals surface area contributed by atoms with Crippen molar-refractivity contribution in [3.05, 3.63) is 46.2 Å². The van der Waals surface area contributed by atoms with Gasteiger partial charge in [-0.3, -0.25) is 0 Å². The number of hydrogen-bond acceptors (Lipinski definition) is 4. The third-order valence-electron chi connectivity index (χ3n) is 3.00. The van der Waals surface area contributed by atoms with Crippen LogP contribution in [0.1, 0.15) is 36.5 Å². The van der Waals surface area contributed by atoms with Gasteiger partial charge in [0.15, 0.2) is 11.6 Å². The molecule has 0 amide bonds. The summed E-state index contributed by atoms with van der Waals surface area (Å²) in [5.41, 5.74) is 0.988. The highest BCUT2D eigenvalue weighted by Gasteiger charge is 2.14. The van der Waals surface area contributed by atoms with Gasteiger partial charge in [0.25, 0.3) is 0 Å². The Hall–Kier alpha value is -1.46. The zero-order chi connectivity index (χ0) is 13.8. The highest BCUT2D eigenvalue weighted by molar-refractivity contribution is 7.09. The van der Waals surface area contributed by atoms with Gasteiger partial charge >= 0.3 is 0 Å². The molecular formula is C14H17FN2OS. The number of benzene rings is 1. The lowest BCUT2D eigenvalue weighted by atomic mass is 10.1. The monoisotopic (exact) mass is 280 g/mol. The highest BCUT2D eigenvalue weighted by atomic mass is 32.1. The van der Waals surface area contributed by atoms with Crippen molar-refractivity contribution in [1.82, 2.24) is 10.3 Å². The Bertz CT molecular complexity index is 530. The van der Waals surface area contributed by atoms with Crippen LogP contribution in [-0.4, -0.2) is 12.1 Å². The number of aromatic nitrogens is 1. The number of nitrogens with one attached hydrogen (secondary N) is 1. The van der Waals surface area contributed by atoms with E-state index < -0.39 is 0 Å². The molecule has 2 atom stereocenters. The summed E-state index contributed by atoms with van der Waals surface area (Å²) in [6, 6.07) is 5.17. The standard InChI is InChI=1S/C14H17FN2OS/c1-9(17-10(2)14-16-6-7-19-14)11-4-5-12(15)13(8-11)18-3/h4-10,17H,1-3H3. The predicted molar refractivity (Wildman–Crippen MR) is 75.0 cm³/mol. The fourth-order valence-corrected chi connectivity index (χ4v) is 2.59. The fourth-order valence-electron chi connectivity index (χ4n) is 1.94. The van der Waals surface area contributed by atoms with Crippen molar-refractivity contribution in [3.8, 4) is 5.75 Å². The van der Waals surface area contributed by atoms with E-state index in [4.69, 9.17) is 4.74 Å². The number of ether oxygens (including phenoxy) is 1. The Kier molecular flexibility index (Phi) is 4.50. The molecule has 2 unspecified atom stereocenters. The minimum Gasteiger partial charge on any atom is -0.494 e. The van der Waals surface area contributed by atoms with E-state index in [0.29, 0.717) is 0 Å². The summed E-state index contributed by atoms with van der Waals surface area (Å²) in [5, 5.41) is 6.44. The van der Waals surface area contributed by atoms with E-state index in [2.05, 4.69) is 17.2 Å². The van der Waals surface area contributed by atoms with Crippen LogP contribution in [0.4, 0.5) is 4.39 Å². The van der Waals surface area contributed by atoms with Gasteiger partial charge in [-0.15, -0.1) is 11.3 Å². The van der Waals surface area contributed by atoms with Crippen LogP contribution in [0.3, 0.4) is 0 Å². The summed E-state index contributed by atoms with van der Waals surface area (Å²) in [4.78, 5) is 4.28.